The van der Waals surface area contributed by atoms with Gasteiger partial charge < -0.3 is 9.67 Å². The van der Waals surface area contributed by atoms with Gasteiger partial charge in [-0.05, 0) is 38.0 Å². The van der Waals surface area contributed by atoms with Crippen LogP contribution in [-0.4, -0.2) is 35.6 Å². The van der Waals surface area contributed by atoms with Crippen LogP contribution in [0.1, 0.15) is 32.1 Å². The van der Waals surface area contributed by atoms with Gasteiger partial charge in [0, 0.05) is 20.6 Å². The molecule has 0 atom stereocenters. The molecule has 0 bridgehead atoms. The van der Waals surface area contributed by atoms with Crippen LogP contribution in [0, 0.1) is 5.92 Å². The van der Waals surface area contributed by atoms with E-state index in [1.807, 2.05) is 0 Å². The Labute approximate surface area is 146 Å². The predicted octanol–water partition coefficient (Wildman–Crippen LogP) is 1.31. The van der Waals surface area contributed by atoms with Crippen LogP contribution in [0.2, 0.25) is 0 Å². The van der Waals surface area contributed by atoms with Gasteiger partial charge in [-0.25, -0.2) is 9.78 Å². The van der Waals surface area contributed by atoms with Crippen molar-refractivity contribution in [2.45, 2.75) is 50.4 Å². The van der Waals surface area contributed by atoms with Crippen molar-refractivity contribution in [1.29, 1.82) is 0 Å². The normalized spacial score (nSPS) is 24.3. The molecule has 1 fully saturated rings. The number of fused-ring (bicyclic) bond motifs is 1. The van der Waals surface area contributed by atoms with Gasteiger partial charge in [-0.2, -0.15) is 13.2 Å². The van der Waals surface area contributed by atoms with E-state index in [0.29, 0.717) is 17.6 Å². The van der Waals surface area contributed by atoms with Crippen molar-refractivity contribution in [2.24, 2.45) is 20.0 Å². The third-order valence-electron chi connectivity index (χ3n) is 5.42. The molecule has 1 aliphatic carbocycles. The van der Waals surface area contributed by atoms with Gasteiger partial charge in [-0.15, -0.1) is 0 Å². The average Bonchev–Trinajstić information content (AvgIpc) is 2.95. The SMILES string of the molecule is Cn1cnc2c1c(=O)n(CC[C@H]1CC[C@@](O)(C(F)(F)F)CC1)c(=O)n2C. The number of hydrogen-bond donors (Lipinski definition) is 1. The van der Waals surface area contributed by atoms with Gasteiger partial charge in [0.15, 0.2) is 16.8 Å². The van der Waals surface area contributed by atoms with Crippen molar-refractivity contribution in [2.75, 3.05) is 0 Å². The highest BCUT2D eigenvalue weighted by Crippen LogP contribution is 2.43. The molecule has 0 spiro atoms. The molecule has 2 heterocycles. The number of aliphatic hydroxyl groups is 1. The number of aromatic nitrogens is 4. The topological polar surface area (TPSA) is 82.1 Å². The summed E-state index contributed by atoms with van der Waals surface area (Å²) in [4.78, 5) is 29.0. The second kappa shape index (κ2) is 6.26. The molecule has 0 amide bonds. The second-order valence-corrected chi connectivity index (χ2v) is 7.09. The molecule has 7 nitrogen and oxygen atoms in total. The molecule has 1 N–H and O–H groups in total. The van der Waals surface area contributed by atoms with Gasteiger partial charge in [0.1, 0.15) is 0 Å². The highest BCUT2D eigenvalue weighted by atomic mass is 19.4. The van der Waals surface area contributed by atoms with Crippen molar-refractivity contribution < 1.29 is 18.3 Å². The fraction of sp³-hybridized carbons (Fsp3) is 0.688. The molecule has 0 unspecified atom stereocenters. The van der Waals surface area contributed by atoms with Crippen LogP contribution in [0.5, 0.6) is 0 Å². The van der Waals surface area contributed by atoms with Crippen molar-refractivity contribution in [3.8, 4) is 0 Å². The smallest absolute Gasteiger partial charge is 0.380 e. The first-order chi connectivity index (χ1) is 12.0. The minimum absolute atomic E-state index is 0.0727. The van der Waals surface area contributed by atoms with E-state index in [1.165, 1.54) is 22.5 Å². The van der Waals surface area contributed by atoms with E-state index in [-0.39, 0.29) is 38.1 Å². The molecule has 0 aliphatic heterocycles. The maximum atomic E-state index is 12.9. The molecule has 3 rings (SSSR count). The third kappa shape index (κ3) is 2.95. The van der Waals surface area contributed by atoms with Crippen molar-refractivity contribution >= 4 is 11.2 Å². The van der Waals surface area contributed by atoms with Crippen LogP contribution in [0.15, 0.2) is 15.9 Å². The predicted molar refractivity (Wildman–Crippen MR) is 87.8 cm³/mol. The summed E-state index contributed by atoms with van der Waals surface area (Å²) in [5, 5.41) is 9.72. The maximum Gasteiger partial charge on any atom is 0.417 e. The van der Waals surface area contributed by atoms with Crippen molar-refractivity contribution in [3.63, 3.8) is 0 Å². The lowest BCUT2D eigenvalue weighted by Gasteiger charge is -2.37. The zero-order valence-electron chi connectivity index (χ0n) is 14.6. The largest absolute Gasteiger partial charge is 0.417 e. The molecule has 0 aromatic carbocycles. The first-order valence-corrected chi connectivity index (χ1v) is 8.45. The number of aryl methyl sites for hydroxylation is 2. The Morgan fingerprint density at radius 1 is 1.27 bits per heavy atom. The maximum absolute atomic E-state index is 12.9. The summed E-state index contributed by atoms with van der Waals surface area (Å²) in [6, 6.07) is 0. The quantitative estimate of drug-likeness (QED) is 0.878. The lowest BCUT2D eigenvalue weighted by atomic mass is 9.77. The lowest BCUT2D eigenvalue weighted by Crippen LogP contribution is -2.48. The van der Waals surface area contributed by atoms with Crippen LogP contribution in [-0.2, 0) is 20.6 Å². The Balaban J connectivity index is 1.77. The van der Waals surface area contributed by atoms with E-state index < -0.39 is 23.0 Å². The standard InChI is InChI=1S/C16H21F3N4O3/c1-21-9-20-12-11(21)13(24)23(14(25)22(12)2)8-5-10-3-6-15(26,7-4-10)16(17,18)19/h9-10,26H,3-8H2,1-2H3/t10-,15-. The Hall–Kier alpha value is -2.10. The average molecular weight is 374 g/mol. The summed E-state index contributed by atoms with van der Waals surface area (Å²) in [6.07, 6.45) is -3.06. The third-order valence-corrected chi connectivity index (χ3v) is 5.42. The number of nitrogens with zero attached hydrogens (tertiary/aromatic N) is 4. The fourth-order valence-electron chi connectivity index (χ4n) is 3.63. The molecular weight excluding hydrogens is 353 g/mol. The lowest BCUT2D eigenvalue weighted by molar-refractivity contribution is -0.272. The fourth-order valence-corrected chi connectivity index (χ4v) is 3.63. The van der Waals surface area contributed by atoms with Crippen LogP contribution in [0.4, 0.5) is 13.2 Å². The zero-order valence-corrected chi connectivity index (χ0v) is 14.6. The van der Waals surface area contributed by atoms with Crippen LogP contribution in [0.25, 0.3) is 11.2 Å². The minimum atomic E-state index is -4.63. The van der Waals surface area contributed by atoms with Gasteiger partial charge in [-0.1, -0.05) is 0 Å². The summed E-state index contributed by atoms with van der Waals surface area (Å²) in [5.41, 5.74) is -2.97. The van der Waals surface area contributed by atoms with Gasteiger partial charge >= 0.3 is 11.9 Å². The molecule has 26 heavy (non-hydrogen) atoms. The van der Waals surface area contributed by atoms with E-state index in [4.69, 9.17) is 0 Å². The molecule has 0 radical (unpaired) electrons. The molecule has 144 valence electrons. The summed E-state index contributed by atoms with van der Waals surface area (Å²) in [5.74, 6) is -0.0727. The van der Waals surface area contributed by atoms with Gasteiger partial charge in [0.25, 0.3) is 5.56 Å². The van der Waals surface area contributed by atoms with E-state index in [1.54, 1.807) is 7.05 Å². The Bertz CT molecular complexity index is 933. The van der Waals surface area contributed by atoms with Gasteiger partial charge in [-0.3, -0.25) is 13.9 Å². The molecular formula is C16H21F3N4O3. The van der Waals surface area contributed by atoms with E-state index in [0.717, 1.165) is 4.57 Å². The van der Waals surface area contributed by atoms with Gasteiger partial charge in [0.05, 0.1) is 6.33 Å². The summed E-state index contributed by atoms with van der Waals surface area (Å²) in [7, 11) is 3.18. The molecule has 10 heteroatoms. The van der Waals surface area contributed by atoms with Crippen LogP contribution >= 0.6 is 0 Å². The second-order valence-electron chi connectivity index (χ2n) is 7.09. The summed E-state index contributed by atoms with van der Waals surface area (Å²) in [6.45, 7) is 0.127. The summed E-state index contributed by atoms with van der Waals surface area (Å²) >= 11 is 0. The first-order valence-electron chi connectivity index (χ1n) is 8.45. The summed E-state index contributed by atoms with van der Waals surface area (Å²) < 4.78 is 42.5. The number of halogens is 3. The minimum Gasteiger partial charge on any atom is -0.380 e. The van der Waals surface area contributed by atoms with E-state index in [2.05, 4.69) is 4.98 Å². The van der Waals surface area contributed by atoms with Crippen LogP contribution < -0.4 is 11.2 Å². The van der Waals surface area contributed by atoms with Crippen molar-refractivity contribution in [3.05, 3.63) is 27.2 Å². The molecule has 2 aromatic heterocycles. The first kappa shape index (κ1) is 18.7. The van der Waals surface area contributed by atoms with E-state index in [9.17, 15) is 27.9 Å². The zero-order chi connectivity index (χ0) is 19.3. The van der Waals surface area contributed by atoms with Crippen LogP contribution in [0.3, 0.4) is 0 Å². The Kier molecular flexibility index (Phi) is 4.50. The van der Waals surface area contributed by atoms with E-state index >= 15 is 0 Å². The number of alkyl halides is 3. The molecule has 1 saturated carbocycles. The van der Waals surface area contributed by atoms with Gasteiger partial charge in [0.2, 0.25) is 0 Å². The number of imidazole rings is 1. The molecule has 2 aromatic rings. The Morgan fingerprint density at radius 3 is 2.46 bits per heavy atom. The number of hydrogen-bond acceptors (Lipinski definition) is 4. The number of rotatable bonds is 3. The molecule has 0 saturated heterocycles. The Morgan fingerprint density at radius 2 is 1.88 bits per heavy atom. The highest BCUT2D eigenvalue weighted by molar-refractivity contribution is 5.69. The van der Waals surface area contributed by atoms with Crippen molar-refractivity contribution in [1.82, 2.24) is 18.7 Å². The molecule has 1 aliphatic rings. The highest BCUT2D eigenvalue weighted by Gasteiger charge is 2.54. The monoisotopic (exact) mass is 374 g/mol.